The van der Waals surface area contributed by atoms with Crippen molar-refractivity contribution in [1.29, 1.82) is 0 Å². The summed E-state index contributed by atoms with van der Waals surface area (Å²) in [6, 6.07) is 11.3. The van der Waals surface area contributed by atoms with Gasteiger partial charge in [-0.2, -0.15) is 0 Å². The molecule has 0 atom stereocenters. The molecule has 1 aliphatic heterocycles. The molecule has 1 saturated heterocycles. The van der Waals surface area contributed by atoms with Crippen LogP contribution in [0.15, 0.2) is 59.5 Å². The Bertz CT molecular complexity index is 917. The predicted octanol–water partition coefficient (Wildman–Crippen LogP) is 3.10. The van der Waals surface area contributed by atoms with Crippen LogP contribution in [0.25, 0.3) is 11.3 Å². The van der Waals surface area contributed by atoms with E-state index in [4.69, 9.17) is 14.1 Å². The number of aromatic nitrogens is 2. The molecular formula is C21H22N4O3. The van der Waals surface area contributed by atoms with Gasteiger partial charge in [-0.3, -0.25) is 9.78 Å². The predicted molar refractivity (Wildman–Crippen MR) is 105 cm³/mol. The summed E-state index contributed by atoms with van der Waals surface area (Å²) in [5.41, 5.74) is 1.80. The monoisotopic (exact) mass is 378 g/mol. The molecule has 0 radical (unpaired) electrons. The van der Waals surface area contributed by atoms with E-state index in [2.05, 4.69) is 9.88 Å². The van der Waals surface area contributed by atoms with Gasteiger partial charge in [-0.05, 0) is 43.3 Å². The summed E-state index contributed by atoms with van der Waals surface area (Å²) in [5, 5.41) is 0. The van der Waals surface area contributed by atoms with E-state index in [9.17, 15) is 4.79 Å². The van der Waals surface area contributed by atoms with Gasteiger partial charge in [-0.15, -0.1) is 0 Å². The van der Waals surface area contributed by atoms with Crippen LogP contribution in [-0.2, 0) is 0 Å². The maximum absolute atomic E-state index is 12.4. The maximum atomic E-state index is 12.4. The quantitative estimate of drug-likeness (QED) is 0.679. The van der Waals surface area contributed by atoms with Crippen molar-refractivity contribution in [3.63, 3.8) is 0 Å². The SMILES string of the molecule is CCOc1ccc(-c2cncc(N3CCN(C(=O)c4ccco4)CC3)n2)cc1. The van der Waals surface area contributed by atoms with Gasteiger partial charge in [-0.1, -0.05) is 0 Å². The van der Waals surface area contributed by atoms with E-state index < -0.39 is 0 Å². The normalized spacial score (nSPS) is 14.2. The Morgan fingerprint density at radius 1 is 1.11 bits per heavy atom. The molecular weight excluding hydrogens is 356 g/mol. The number of hydrogen-bond donors (Lipinski definition) is 0. The topological polar surface area (TPSA) is 71.7 Å². The molecule has 1 amide bonds. The molecule has 1 aliphatic rings. The Kier molecular flexibility index (Phi) is 5.23. The van der Waals surface area contributed by atoms with E-state index in [0.29, 0.717) is 38.5 Å². The van der Waals surface area contributed by atoms with Crippen molar-refractivity contribution in [2.24, 2.45) is 0 Å². The molecule has 1 fully saturated rings. The minimum absolute atomic E-state index is 0.0705. The van der Waals surface area contributed by atoms with Gasteiger partial charge < -0.3 is 19.0 Å². The average molecular weight is 378 g/mol. The molecule has 0 saturated carbocycles. The van der Waals surface area contributed by atoms with Crippen molar-refractivity contribution in [1.82, 2.24) is 14.9 Å². The molecule has 0 aliphatic carbocycles. The Morgan fingerprint density at radius 3 is 2.57 bits per heavy atom. The van der Waals surface area contributed by atoms with Crippen LogP contribution < -0.4 is 9.64 Å². The molecule has 3 aromatic rings. The lowest BCUT2D eigenvalue weighted by Gasteiger charge is -2.34. The maximum Gasteiger partial charge on any atom is 0.289 e. The van der Waals surface area contributed by atoms with Gasteiger partial charge in [0.15, 0.2) is 5.76 Å². The van der Waals surface area contributed by atoms with Crippen molar-refractivity contribution in [3.05, 3.63) is 60.8 Å². The molecule has 28 heavy (non-hydrogen) atoms. The van der Waals surface area contributed by atoms with E-state index in [1.54, 1.807) is 29.4 Å². The van der Waals surface area contributed by atoms with Crippen molar-refractivity contribution in [2.45, 2.75) is 6.92 Å². The zero-order valence-electron chi connectivity index (χ0n) is 15.7. The molecule has 0 bridgehead atoms. The fourth-order valence-electron chi connectivity index (χ4n) is 3.23. The van der Waals surface area contributed by atoms with E-state index >= 15 is 0 Å². The molecule has 0 spiro atoms. The van der Waals surface area contributed by atoms with E-state index in [1.807, 2.05) is 31.2 Å². The fraction of sp³-hybridized carbons (Fsp3) is 0.286. The summed E-state index contributed by atoms with van der Waals surface area (Å²) in [5.74, 6) is 1.97. The van der Waals surface area contributed by atoms with Crippen molar-refractivity contribution in [3.8, 4) is 17.0 Å². The highest BCUT2D eigenvalue weighted by Crippen LogP contribution is 2.23. The smallest absolute Gasteiger partial charge is 0.289 e. The Labute approximate surface area is 163 Å². The number of carbonyl (C=O) groups excluding carboxylic acids is 1. The molecule has 7 heteroatoms. The number of carbonyl (C=O) groups is 1. The first-order valence-corrected chi connectivity index (χ1v) is 9.37. The van der Waals surface area contributed by atoms with E-state index in [-0.39, 0.29) is 5.91 Å². The van der Waals surface area contributed by atoms with Gasteiger partial charge in [0.1, 0.15) is 11.6 Å². The van der Waals surface area contributed by atoms with Gasteiger partial charge in [0.05, 0.1) is 31.0 Å². The summed E-state index contributed by atoms with van der Waals surface area (Å²) in [6.07, 6.45) is 5.05. The highest BCUT2D eigenvalue weighted by molar-refractivity contribution is 5.91. The van der Waals surface area contributed by atoms with E-state index in [0.717, 1.165) is 22.8 Å². The molecule has 2 aromatic heterocycles. The standard InChI is InChI=1S/C21H22N4O3/c1-2-27-17-7-5-16(6-8-17)18-14-22-15-20(23-18)24-9-11-25(12-10-24)21(26)19-4-3-13-28-19/h3-8,13-15H,2,9-12H2,1H3. The summed E-state index contributed by atoms with van der Waals surface area (Å²) in [4.78, 5) is 25.5. The molecule has 4 rings (SSSR count). The highest BCUT2D eigenvalue weighted by atomic mass is 16.5. The number of amides is 1. The van der Waals surface area contributed by atoms with Gasteiger partial charge in [-0.25, -0.2) is 4.98 Å². The zero-order chi connectivity index (χ0) is 19.3. The first-order chi connectivity index (χ1) is 13.7. The molecule has 0 N–H and O–H groups in total. The highest BCUT2D eigenvalue weighted by Gasteiger charge is 2.24. The average Bonchev–Trinajstić information content (AvgIpc) is 3.29. The van der Waals surface area contributed by atoms with Crippen LogP contribution in [0.1, 0.15) is 17.5 Å². The van der Waals surface area contributed by atoms with Crippen LogP contribution in [0, 0.1) is 0 Å². The summed E-state index contributed by atoms with van der Waals surface area (Å²) in [7, 11) is 0. The van der Waals surface area contributed by atoms with Crippen LogP contribution in [0.3, 0.4) is 0 Å². The van der Waals surface area contributed by atoms with Gasteiger partial charge in [0.2, 0.25) is 0 Å². The van der Waals surface area contributed by atoms with Crippen molar-refractivity contribution < 1.29 is 13.9 Å². The van der Waals surface area contributed by atoms with Crippen LogP contribution in [0.5, 0.6) is 5.75 Å². The lowest BCUT2D eigenvalue weighted by Crippen LogP contribution is -2.49. The number of rotatable bonds is 5. The van der Waals surface area contributed by atoms with Gasteiger partial charge >= 0.3 is 0 Å². The van der Waals surface area contributed by atoms with Gasteiger partial charge in [0.25, 0.3) is 5.91 Å². The summed E-state index contributed by atoms with van der Waals surface area (Å²) >= 11 is 0. The summed E-state index contributed by atoms with van der Waals surface area (Å²) in [6.45, 7) is 5.25. The molecule has 0 unspecified atom stereocenters. The number of piperazine rings is 1. The minimum atomic E-state index is -0.0705. The number of ether oxygens (including phenoxy) is 1. The van der Waals surface area contributed by atoms with E-state index in [1.165, 1.54) is 6.26 Å². The third-order valence-corrected chi connectivity index (χ3v) is 4.71. The van der Waals surface area contributed by atoms with Crippen LogP contribution in [0.4, 0.5) is 5.82 Å². The first-order valence-electron chi connectivity index (χ1n) is 9.37. The lowest BCUT2D eigenvalue weighted by atomic mass is 10.1. The number of benzene rings is 1. The molecule has 3 heterocycles. The largest absolute Gasteiger partial charge is 0.494 e. The number of anilines is 1. The Morgan fingerprint density at radius 2 is 1.89 bits per heavy atom. The molecule has 1 aromatic carbocycles. The second kappa shape index (κ2) is 8.12. The third kappa shape index (κ3) is 3.83. The number of furan rings is 1. The molecule has 144 valence electrons. The van der Waals surface area contributed by atoms with Crippen LogP contribution >= 0.6 is 0 Å². The fourth-order valence-corrected chi connectivity index (χ4v) is 3.23. The number of hydrogen-bond acceptors (Lipinski definition) is 6. The summed E-state index contributed by atoms with van der Waals surface area (Å²) < 4.78 is 10.7. The van der Waals surface area contributed by atoms with Crippen LogP contribution in [0.2, 0.25) is 0 Å². The number of nitrogens with zero attached hydrogens (tertiary/aromatic N) is 4. The lowest BCUT2D eigenvalue weighted by molar-refractivity contribution is 0.0714. The second-order valence-corrected chi connectivity index (χ2v) is 6.48. The zero-order valence-corrected chi connectivity index (χ0v) is 15.7. The Balaban J connectivity index is 1.43. The van der Waals surface area contributed by atoms with Crippen molar-refractivity contribution in [2.75, 3.05) is 37.7 Å². The Hall–Kier alpha value is -3.35. The second-order valence-electron chi connectivity index (χ2n) is 6.48. The minimum Gasteiger partial charge on any atom is -0.494 e. The van der Waals surface area contributed by atoms with Crippen molar-refractivity contribution >= 4 is 11.7 Å². The molecule has 7 nitrogen and oxygen atoms in total. The van der Waals surface area contributed by atoms with Gasteiger partial charge in [0, 0.05) is 31.7 Å². The van der Waals surface area contributed by atoms with Crippen LogP contribution in [-0.4, -0.2) is 53.6 Å². The first kappa shape index (κ1) is 18.0. The third-order valence-electron chi connectivity index (χ3n) is 4.71.